The molecule has 0 unspecified atom stereocenters. The number of nitrogens with one attached hydrogen (secondary N) is 1. The Kier molecular flexibility index (Phi) is 3.39. The molecule has 2 aliphatic heterocycles. The first-order valence-electron chi connectivity index (χ1n) is 7.43. The average Bonchev–Trinajstić information content (AvgIpc) is 2.97. The second-order valence-corrected chi connectivity index (χ2v) is 6.79. The van der Waals surface area contributed by atoms with Crippen molar-refractivity contribution in [2.24, 2.45) is 0 Å². The second kappa shape index (κ2) is 4.83. The minimum atomic E-state index is -0.325. The maximum atomic E-state index is 6.09. The van der Waals surface area contributed by atoms with Gasteiger partial charge in [0.05, 0.1) is 11.2 Å². The van der Waals surface area contributed by atoms with E-state index >= 15 is 0 Å². The summed E-state index contributed by atoms with van der Waals surface area (Å²) in [6.45, 7) is 9.38. The quantitative estimate of drug-likeness (QED) is 0.835. The molecule has 1 N–H and O–H groups in total. The summed E-state index contributed by atoms with van der Waals surface area (Å²) in [5, 5.41) is 3.50. The standard InChI is InChI=1S/C15H23BN2O2/c1-14(2)15(3,4)20-16(19-14)12-8-11(9-17-10-12)13-6-5-7-18-13/h8-10,13,18H,5-7H2,1-4H3/t13-/m1/s1. The summed E-state index contributed by atoms with van der Waals surface area (Å²) in [5.74, 6) is 0. The first-order valence-corrected chi connectivity index (χ1v) is 7.43. The Bertz CT molecular complexity index is 482. The van der Waals surface area contributed by atoms with E-state index in [-0.39, 0.29) is 18.3 Å². The van der Waals surface area contributed by atoms with Crippen LogP contribution >= 0.6 is 0 Å². The van der Waals surface area contributed by atoms with Crippen LogP contribution in [-0.4, -0.2) is 29.8 Å². The molecular formula is C15H23BN2O2. The van der Waals surface area contributed by atoms with Crippen LogP contribution in [0.1, 0.15) is 52.1 Å². The molecule has 2 fully saturated rings. The van der Waals surface area contributed by atoms with Crippen molar-refractivity contribution in [3.63, 3.8) is 0 Å². The highest BCUT2D eigenvalue weighted by Crippen LogP contribution is 2.36. The van der Waals surface area contributed by atoms with Crippen LogP contribution in [0.5, 0.6) is 0 Å². The topological polar surface area (TPSA) is 43.4 Å². The predicted molar refractivity (Wildman–Crippen MR) is 79.9 cm³/mol. The zero-order valence-electron chi connectivity index (χ0n) is 12.8. The van der Waals surface area contributed by atoms with Crippen molar-refractivity contribution in [2.45, 2.75) is 57.8 Å². The van der Waals surface area contributed by atoms with Crippen molar-refractivity contribution < 1.29 is 9.31 Å². The van der Waals surface area contributed by atoms with Crippen molar-refractivity contribution in [3.8, 4) is 0 Å². The molecule has 1 aromatic heterocycles. The van der Waals surface area contributed by atoms with E-state index in [0.29, 0.717) is 6.04 Å². The molecule has 0 bridgehead atoms. The molecule has 2 aliphatic rings. The Morgan fingerprint density at radius 3 is 2.50 bits per heavy atom. The average molecular weight is 274 g/mol. The molecule has 20 heavy (non-hydrogen) atoms. The number of aromatic nitrogens is 1. The van der Waals surface area contributed by atoms with Gasteiger partial charge in [0, 0.05) is 23.9 Å². The highest BCUT2D eigenvalue weighted by molar-refractivity contribution is 6.62. The van der Waals surface area contributed by atoms with Crippen LogP contribution in [0, 0.1) is 0 Å². The van der Waals surface area contributed by atoms with Gasteiger partial charge in [-0.2, -0.15) is 0 Å². The summed E-state index contributed by atoms with van der Waals surface area (Å²) >= 11 is 0. The van der Waals surface area contributed by atoms with Crippen molar-refractivity contribution in [1.82, 2.24) is 10.3 Å². The summed E-state index contributed by atoms with van der Waals surface area (Å²) in [6.07, 6.45) is 6.19. The monoisotopic (exact) mass is 274 g/mol. The van der Waals surface area contributed by atoms with Crippen molar-refractivity contribution in [3.05, 3.63) is 24.0 Å². The van der Waals surface area contributed by atoms with Gasteiger partial charge >= 0.3 is 7.12 Å². The number of hydrogen-bond acceptors (Lipinski definition) is 4. The van der Waals surface area contributed by atoms with Crippen LogP contribution in [0.25, 0.3) is 0 Å². The van der Waals surface area contributed by atoms with E-state index in [9.17, 15) is 0 Å². The van der Waals surface area contributed by atoms with Gasteiger partial charge in [-0.1, -0.05) is 6.07 Å². The summed E-state index contributed by atoms with van der Waals surface area (Å²) in [7, 11) is -0.325. The van der Waals surface area contributed by atoms with E-state index in [4.69, 9.17) is 9.31 Å². The number of pyridine rings is 1. The van der Waals surface area contributed by atoms with Gasteiger partial charge in [0.2, 0.25) is 0 Å². The van der Waals surface area contributed by atoms with Crippen molar-refractivity contribution in [2.75, 3.05) is 6.54 Å². The molecule has 0 amide bonds. The van der Waals surface area contributed by atoms with Gasteiger partial charge in [-0.3, -0.25) is 4.98 Å². The molecule has 108 valence electrons. The zero-order valence-corrected chi connectivity index (χ0v) is 12.8. The zero-order chi connectivity index (χ0) is 14.4. The summed E-state index contributed by atoms with van der Waals surface area (Å²) in [6, 6.07) is 2.59. The highest BCUT2D eigenvalue weighted by Gasteiger charge is 2.51. The van der Waals surface area contributed by atoms with Crippen LogP contribution in [0.4, 0.5) is 0 Å². The lowest BCUT2D eigenvalue weighted by atomic mass is 9.79. The van der Waals surface area contributed by atoms with E-state index in [1.54, 1.807) is 0 Å². The fourth-order valence-electron chi connectivity index (χ4n) is 2.74. The Hall–Kier alpha value is -0.905. The summed E-state index contributed by atoms with van der Waals surface area (Å²) < 4.78 is 12.2. The highest BCUT2D eigenvalue weighted by atomic mass is 16.7. The largest absolute Gasteiger partial charge is 0.496 e. The smallest absolute Gasteiger partial charge is 0.399 e. The third-order valence-corrected chi connectivity index (χ3v) is 4.77. The van der Waals surface area contributed by atoms with Crippen LogP contribution in [0.15, 0.2) is 18.5 Å². The Morgan fingerprint density at radius 2 is 1.90 bits per heavy atom. The minimum Gasteiger partial charge on any atom is -0.399 e. The number of nitrogens with zero attached hydrogens (tertiary/aromatic N) is 1. The van der Waals surface area contributed by atoms with E-state index in [1.807, 2.05) is 12.4 Å². The Balaban J connectivity index is 1.83. The first-order chi connectivity index (χ1) is 9.39. The molecule has 3 heterocycles. The molecule has 3 rings (SSSR count). The van der Waals surface area contributed by atoms with Gasteiger partial charge in [-0.25, -0.2) is 0 Å². The lowest BCUT2D eigenvalue weighted by Crippen LogP contribution is -2.41. The van der Waals surface area contributed by atoms with Gasteiger partial charge in [0.15, 0.2) is 0 Å². The number of hydrogen-bond donors (Lipinski definition) is 1. The molecule has 1 aromatic rings. The Labute approximate surface area is 121 Å². The van der Waals surface area contributed by atoms with Gasteiger partial charge in [0.25, 0.3) is 0 Å². The van der Waals surface area contributed by atoms with Gasteiger partial charge in [-0.05, 0) is 52.6 Å². The lowest BCUT2D eigenvalue weighted by Gasteiger charge is -2.32. The minimum absolute atomic E-state index is 0.306. The summed E-state index contributed by atoms with van der Waals surface area (Å²) in [5.41, 5.74) is 1.63. The van der Waals surface area contributed by atoms with E-state index in [0.717, 1.165) is 12.0 Å². The van der Waals surface area contributed by atoms with E-state index < -0.39 is 0 Å². The fraction of sp³-hybridized carbons (Fsp3) is 0.667. The van der Waals surface area contributed by atoms with Crippen molar-refractivity contribution in [1.29, 1.82) is 0 Å². The molecule has 5 heteroatoms. The fourth-order valence-corrected chi connectivity index (χ4v) is 2.74. The van der Waals surface area contributed by atoms with Crippen LogP contribution in [-0.2, 0) is 9.31 Å². The normalized spacial score (nSPS) is 28.0. The maximum absolute atomic E-state index is 6.09. The third kappa shape index (κ3) is 2.38. The van der Waals surface area contributed by atoms with E-state index in [1.165, 1.54) is 18.4 Å². The molecule has 0 aliphatic carbocycles. The third-order valence-electron chi connectivity index (χ3n) is 4.77. The van der Waals surface area contributed by atoms with Crippen molar-refractivity contribution >= 4 is 12.6 Å². The molecule has 0 radical (unpaired) electrons. The SMILES string of the molecule is CC1(C)OB(c2cncc([C@H]3CCCN3)c2)OC1(C)C. The second-order valence-electron chi connectivity index (χ2n) is 6.79. The maximum Gasteiger partial charge on any atom is 0.496 e. The predicted octanol–water partition coefficient (Wildman–Crippen LogP) is 1.81. The number of rotatable bonds is 2. The molecule has 0 spiro atoms. The van der Waals surface area contributed by atoms with Gasteiger partial charge < -0.3 is 14.6 Å². The molecule has 0 saturated carbocycles. The molecule has 1 atom stereocenters. The molecule has 0 aromatic carbocycles. The van der Waals surface area contributed by atoms with Gasteiger partial charge in [-0.15, -0.1) is 0 Å². The Morgan fingerprint density at radius 1 is 1.20 bits per heavy atom. The van der Waals surface area contributed by atoms with E-state index in [2.05, 4.69) is 44.1 Å². The lowest BCUT2D eigenvalue weighted by molar-refractivity contribution is 0.00578. The molecular weight excluding hydrogens is 251 g/mol. The summed E-state index contributed by atoms with van der Waals surface area (Å²) in [4.78, 5) is 4.37. The first kappa shape index (κ1) is 14.0. The molecule has 4 nitrogen and oxygen atoms in total. The van der Waals surface area contributed by atoms with Crippen LogP contribution < -0.4 is 10.8 Å². The molecule has 2 saturated heterocycles. The van der Waals surface area contributed by atoms with Crippen LogP contribution in [0.2, 0.25) is 0 Å². The van der Waals surface area contributed by atoms with Gasteiger partial charge in [0.1, 0.15) is 0 Å². The van der Waals surface area contributed by atoms with Crippen LogP contribution in [0.3, 0.4) is 0 Å².